The topological polar surface area (TPSA) is 58.6 Å². The number of thiocarbonyl (C=S) groups is 1. The molecule has 0 aromatic carbocycles. The molecule has 0 radical (unpaired) electrons. The van der Waals surface area contributed by atoms with Crippen LogP contribution in [0.1, 0.15) is 6.92 Å². The molecule has 0 unspecified atom stereocenters. The van der Waals surface area contributed by atoms with Gasteiger partial charge in [-0.05, 0) is 6.92 Å². The fourth-order valence-electron chi connectivity index (χ4n) is 0.976. The average Bonchev–Trinajstić information content (AvgIpc) is 2.28. The number of hydrogen-bond acceptors (Lipinski definition) is 4. The minimum Gasteiger partial charge on any atom is -0.461 e. The number of nitrogens with one attached hydrogen (secondary N) is 1. The summed E-state index contributed by atoms with van der Waals surface area (Å²) in [5.41, 5.74) is 0. The van der Waals surface area contributed by atoms with Crippen LogP contribution in [-0.2, 0) is 9.53 Å². The molecule has 0 aromatic heterocycles. The molecule has 0 spiro atoms. The molecule has 6 heteroatoms. The Hall–Kier alpha value is -1.69. The van der Waals surface area contributed by atoms with E-state index >= 15 is 0 Å². The molecule has 0 aromatic rings. The maximum atomic E-state index is 11.7. The predicted octanol–water partition coefficient (Wildman–Crippen LogP) is 1.26. The fraction of sp³-hybridized carbons (Fsp3) is 0.364. The molecule has 0 aliphatic rings. The van der Waals surface area contributed by atoms with E-state index in [0.717, 1.165) is 0 Å². The molecule has 0 aliphatic carbocycles. The van der Waals surface area contributed by atoms with E-state index in [1.807, 2.05) is 0 Å². The second kappa shape index (κ2) is 8.46. The van der Waals surface area contributed by atoms with E-state index in [2.05, 4.69) is 23.2 Å². The molecule has 0 aliphatic heterocycles. The number of rotatable bonds is 5. The maximum absolute atomic E-state index is 11.7. The van der Waals surface area contributed by atoms with Crippen molar-refractivity contribution in [1.82, 2.24) is 10.2 Å². The van der Waals surface area contributed by atoms with Crippen molar-refractivity contribution in [2.75, 3.05) is 19.7 Å². The molecule has 0 saturated carbocycles. The third kappa shape index (κ3) is 5.82. The van der Waals surface area contributed by atoms with Crippen LogP contribution in [-0.4, -0.2) is 41.6 Å². The molecule has 2 amide bonds. The third-order valence-electron chi connectivity index (χ3n) is 1.67. The van der Waals surface area contributed by atoms with Crippen molar-refractivity contribution in [3.8, 4) is 0 Å². The summed E-state index contributed by atoms with van der Waals surface area (Å²) in [5.74, 6) is -0.715. The van der Waals surface area contributed by atoms with Crippen LogP contribution < -0.4 is 5.32 Å². The van der Waals surface area contributed by atoms with Crippen LogP contribution in [0.3, 0.4) is 0 Å². The van der Waals surface area contributed by atoms with Gasteiger partial charge in [-0.1, -0.05) is 24.4 Å². The van der Waals surface area contributed by atoms with E-state index < -0.39 is 12.0 Å². The number of amides is 2. The van der Waals surface area contributed by atoms with Crippen molar-refractivity contribution in [1.29, 1.82) is 0 Å². The normalized spacial score (nSPS) is 9.00. The molecule has 94 valence electrons. The zero-order chi connectivity index (χ0) is 13.3. The Morgan fingerprint density at radius 3 is 2.29 bits per heavy atom. The standard InChI is InChI=1S/C11H16N2O3S/c1-4-7-13(8-5-2)11(15)12-9(17)10(14)16-6-3/h4-5H,1-2,6-8H2,3H3,(H,12,15,17). The lowest BCUT2D eigenvalue weighted by molar-refractivity contribution is -0.135. The van der Waals surface area contributed by atoms with Crippen molar-refractivity contribution >= 4 is 29.2 Å². The first-order chi connectivity index (χ1) is 8.06. The van der Waals surface area contributed by atoms with E-state index in [1.54, 1.807) is 19.1 Å². The van der Waals surface area contributed by atoms with Gasteiger partial charge in [0.1, 0.15) is 0 Å². The van der Waals surface area contributed by atoms with Gasteiger partial charge in [0.2, 0.25) is 0 Å². The smallest absolute Gasteiger partial charge is 0.366 e. The van der Waals surface area contributed by atoms with E-state index in [4.69, 9.17) is 12.2 Å². The van der Waals surface area contributed by atoms with Gasteiger partial charge in [-0.2, -0.15) is 0 Å². The number of hydrogen-bond donors (Lipinski definition) is 1. The van der Waals surface area contributed by atoms with Crippen LogP contribution in [0.15, 0.2) is 25.3 Å². The highest BCUT2D eigenvalue weighted by Gasteiger charge is 2.17. The van der Waals surface area contributed by atoms with Crippen molar-refractivity contribution in [3.63, 3.8) is 0 Å². The summed E-state index contributed by atoms with van der Waals surface area (Å²) in [7, 11) is 0. The number of carbonyl (C=O) groups is 2. The molecule has 0 fully saturated rings. The number of esters is 1. The third-order valence-corrected chi connectivity index (χ3v) is 1.94. The summed E-state index contributed by atoms with van der Waals surface area (Å²) < 4.78 is 4.65. The van der Waals surface area contributed by atoms with Gasteiger partial charge in [0.25, 0.3) is 0 Å². The minimum absolute atomic E-state index is 0.206. The highest BCUT2D eigenvalue weighted by Crippen LogP contribution is 1.92. The second-order valence-corrected chi connectivity index (χ2v) is 3.37. The monoisotopic (exact) mass is 256 g/mol. The van der Waals surface area contributed by atoms with Crippen LogP contribution in [0.4, 0.5) is 4.79 Å². The lowest BCUT2D eigenvalue weighted by atomic mass is 10.4. The van der Waals surface area contributed by atoms with Gasteiger partial charge in [0.15, 0.2) is 4.99 Å². The SMILES string of the molecule is C=CCN(CC=C)C(=O)NC(=S)C(=O)OCC. The van der Waals surface area contributed by atoms with Crippen LogP contribution >= 0.6 is 12.2 Å². The van der Waals surface area contributed by atoms with Gasteiger partial charge in [-0.3, -0.25) is 5.32 Å². The maximum Gasteiger partial charge on any atom is 0.366 e. The van der Waals surface area contributed by atoms with Crippen LogP contribution in [0.25, 0.3) is 0 Å². The van der Waals surface area contributed by atoms with Crippen molar-refractivity contribution in [3.05, 3.63) is 25.3 Å². The first kappa shape index (κ1) is 15.3. The van der Waals surface area contributed by atoms with Crippen LogP contribution in [0.2, 0.25) is 0 Å². The Kier molecular flexibility index (Phi) is 7.62. The van der Waals surface area contributed by atoms with Gasteiger partial charge >= 0.3 is 12.0 Å². The number of nitrogens with zero attached hydrogens (tertiary/aromatic N) is 1. The molecule has 0 rings (SSSR count). The van der Waals surface area contributed by atoms with Gasteiger partial charge < -0.3 is 9.64 Å². The summed E-state index contributed by atoms with van der Waals surface area (Å²) in [5, 5.41) is 2.28. The minimum atomic E-state index is -0.715. The lowest BCUT2D eigenvalue weighted by Gasteiger charge is -2.19. The molecule has 0 saturated heterocycles. The van der Waals surface area contributed by atoms with E-state index in [9.17, 15) is 9.59 Å². The van der Waals surface area contributed by atoms with Crippen molar-refractivity contribution < 1.29 is 14.3 Å². The zero-order valence-corrected chi connectivity index (χ0v) is 10.6. The molecule has 0 atom stereocenters. The Morgan fingerprint density at radius 1 is 1.35 bits per heavy atom. The largest absolute Gasteiger partial charge is 0.461 e. The summed E-state index contributed by atoms with van der Waals surface area (Å²) in [6, 6.07) is -0.483. The summed E-state index contributed by atoms with van der Waals surface area (Å²) in [6.07, 6.45) is 3.13. The van der Waals surface area contributed by atoms with Gasteiger partial charge in [-0.25, -0.2) is 9.59 Å². The van der Waals surface area contributed by atoms with Gasteiger partial charge in [0, 0.05) is 13.1 Å². The van der Waals surface area contributed by atoms with Crippen molar-refractivity contribution in [2.45, 2.75) is 6.92 Å². The van der Waals surface area contributed by atoms with Gasteiger partial charge in [0.05, 0.1) is 6.61 Å². The summed E-state index contributed by atoms with van der Waals surface area (Å²) in [4.78, 5) is 24.0. The number of carbonyl (C=O) groups excluding carboxylic acids is 2. The molecule has 5 nitrogen and oxygen atoms in total. The zero-order valence-electron chi connectivity index (χ0n) is 9.77. The Balaban J connectivity index is 4.38. The molecule has 0 bridgehead atoms. The summed E-state index contributed by atoms with van der Waals surface area (Å²) in [6.45, 7) is 9.59. The lowest BCUT2D eigenvalue weighted by Crippen LogP contribution is -2.45. The fourth-order valence-corrected chi connectivity index (χ4v) is 1.12. The Bertz CT molecular complexity index is 319. The Labute approximate surface area is 106 Å². The highest BCUT2D eigenvalue weighted by molar-refractivity contribution is 7.82. The van der Waals surface area contributed by atoms with Crippen LogP contribution in [0, 0.1) is 0 Å². The molecule has 0 heterocycles. The van der Waals surface area contributed by atoms with E-state index in [1.165, 1.54) is 4.90 Å². The first-order valence-electron chi connectivity index (χ1n) is 5.05. The van der Waals surface area contributed by atoms with Crippen molar-refractivity contribution in [2.24, 2.45) is 0 Å². The number of ether oxygens (including phenoxy) is 1. The van der Waals surface area contributed by atoms with E-state index in [0.29, 0.717) is 13.1 Å². The Morgan fingerprint density at radius 2 is 1.88 bits per heavy atom. The van der Waals surface area contributed by atoms with Crippen LogP contribution in [0.5, 0.6) is 0 Å². The highest BCUT2D eigenvalue weighted by atomic mass is 32.1. The second-order valence-electron chi connectivity index (χ2n) is 2.96. The predicted molar refractivity (Wildman–Crippen MR) is 69.7 cm³/mol. The molecular weight excluding hydrogens is 240 g/mol. The quantitative estimate of drug-likeness (QED) is 0.457. The van der Waals surface area contributed by atoms with Gasteiger partial charge in [-0.15, -0.1) is 13.2 Å². The molecular formula is C11H16N2O3S. The summed E-state index contributed by atoms with van der Waals surface area (Å²) >= 11 is 4.72. The molecule has 17 heavy (non-hydrogen) atoms. The first-order valence-corrected chi connectivity index (χ1v) is 5.46. The van der Waals surface area contributed by atoms with E-state index in [-0.39, 0.29) is 11.6 Å². The molecule has 1 N–H and O–H groups in total. The number of urea groups is 1. The average molecular weight is 256 g/mol.